The van der Waals surface area contributed by atoms with E-state index in [4.69, 9.17) is 0 Å². The Bertz CT molecular complexity index is 363. The molecule has 0 saturated carbocycles. The Morgan fingerprint density at radius 3 is 1.53 bits per heavy atom. The third kappa shape index (κ3) is 5.12. The summed E-state index contributed by atoms with van der Waals surface area (Å²) in [6.45, 7) is 0. The SMILES string of the molecule is OC(c1ccccn1)c1ccccn1.[Cl-].[Cl-].[Pd+2]. The van der Waals surface area contributed by atoms with Gasteiger partial charge in [-0.05, 0) is 24.3 Å². The number of aromatic nitrogens is 2. The Morgan fingerprint density at radius 1 is 0.824 bits per heavy atom. The van der Waals surface area contributed by atoms with Crippen LogP contribution in [0.25, 0.3) is 0 Å². The standard InChI is InChI=1S/C11H10N2O.2ClH.Pd/c14-11(9-5-1-3-7-12-9)10-6-2-4-8-13-10;;;/h1-8,11,14H;2*1H;/q;;;+2/p-2. The number of nitrogens with zero attached hydrogens (tertiary/aromatic N) is 2. The zero-order valence-electron chi connectivity index (χ0n) is 8.61. The Morgan fingerprint density at radius 2 is 1.24 bits per heavy atom. The van der Waals surface area contributed by atoms with Crippen LogP contribution in [-0.4, -0.2) is 15.1 Å². The van der Waals surface area contributed by atoms with Crippen molar-refractivity contribution in [1.29, 1.82) is 0 Å². The molecule has 2 rings (SSSR count). The van der Waals surface area contributed by atoms with Crippen LogP contribution < -0.4 is 24.8 Å². The summed E-state index contributed by atoms with van der Waals surface area (Å²) in [7, 11) is 0. The predicted octanol–water partition coefficient (Wildman–Crippen LogP) is -4.44. The molecule has 94 valence electrons. The van der Waals surface area contributed by atoms with Crippen LogP contribution in [0.3, 0.4) is 0 Å². The molecule has 6 heteroatoms. The topological polar surface area (TPSA) is 46.0 Å². The van der Waals surface area contributed by atoms with E-state index in [0.717, 1.165) is 0 Å². The minimum Gasteiger partial charge on any atom is -1.00 e. The fraction of sp³-hybridized carbons (Fsp3) is 0.0909. The average molecular weight is 364 g/mol. The van der Waals surface area contributed by atoms with Crippen LogP contribution in [0.2, 0.25) is 0 Å². The molecule has 0 aliphatic heterocycles. The molecular formula is C11H10Cl2N2OPd. The quantitative estimate of drug-likeness (QED) is 0.548. The van der Waals surface area contributed by atoms with Gasteiger partial charge in [-0.1, -0.05) is 12.1 Å². The minimum atomic E-state index is -0.739. The van der Waals surface area contributed by atoms with Crippen LogP contribution in [0, 0.1) is 0 Å². The molecule has 0 spiro atoms. The van der Waals surface area contributed by atoms with Crippen molar-refractivity contribution >= 4 is 0 Å². The first-order chi connectivity index (χ1) is 6.88. The van der Waals surface area contributed by atoms with Gasteiger partial charge < -0.3 is 29.9 Å². The number of halogens is 2. The Hall–Kier alpha value is -0.498. The Kier molecular flexibility index (Phi) is 10.6. The van der Waals surface area contributed by atoms with Gasteiger partial charge in [0.05, 0.1) is 11.4 Å². The van der Waals surface area contributed by atoms with Crippen molar-refractivity contribution in [2.45, 2.75) is 6.10 Å². The number of hydrogen-bond acceptors (Lipinski definition) is 3. The van der Waals surface area contributed by atoms with E-state index < -0.39 is 6.10 Å². The zero-order chi connectivity index (χ0) is 9.80. The van der Waals surface area contributed by atoms with Crippen LogP contribution >= 0.6 is 0 Å². The van der Waals surface area contributed by atoms with Crippen molar-refractivity contribution in [3.8, 4) is 0 Å². The van der Waals surface area contributed by atoms with Crippen molar-refractivity contribution in [2.75, 3.05) is 0 Å². The zero-order valence-corrected chi connectivity index (χ0v) is 11.7. The molecule has 1 N–H and O–H groups in total. The number of aliphatic hydroxyl groups excluding tert-OH is 1. The molecule has 0 saturated heterocycles. The Labute approximate surface area is 126 Å². The number of pyridine rings is 2. The molecule has 0 radical (unpaired) electrons. The summed E-state index contributed by atoms with van der Waals surface area (Å²) in [5, 5.41) is 9.87. The normalized spacial score (nSPS) is 8.59. The largest absolute Gasteiger partial charge is 2.00 e. The summed E-state index contributed by atoms with van der Waals surface area (Å²) in [5.41, 5.74) is 1.23. The van der Waals surface area contributed by atoms with Crippen molar-refractivity contribution in [1.82, 2.24) is 9.97 Å². The number of hydrogen-bond donors (Lipinski definition) is 1. The molecule has 0 amide bonds. The molecule has 2 heterocycles. The van der Waals surface area contributed by atoms with Gasteiger partial charge in [0.25, 0.3) is 0 Å². The molecular weight excluding hydrogens is 353 g/mol. The third-order valence-electron chi connectivity index (χ3n) is 1.94. The molecule has 17 heavy (non-hydrogen) atoms. The number of rotatable bonds is 2. The van der Waals surface area contributed by atoms with Crippen molar-refractivity contribution in [3.63, 3.8) is 0 Å². The second kappa shape index (κ2) is 9.52. The summed E-state index contributed by atoms with van der Waals surface area (Å²) in [5.74, 6) is 0. The van der Waals surface area contributed by atoms with Crippen LogP contribution in [0.4, 0.5) is 0 Å². The fourth-order valence-electron chi connectivity index (χ4n) is 1.23. The van der Waals surface area contributed by atoms with Crippen molar-refractivity contribution in [3.05, 3.63) is 60.2 Å². The van der Waals surface area contributed by atoms with Gasteiger partial charge in [0, 0.05) is 12.4 Å². The first-order valence-corrected chi connectivity index (χ1v) is 4.38. The first-order valence-electron chi connectivity index (χ1n) is 4.38. The minimum absolute atomic E-state index is 0. The van der Waals surface area contributed by atoms with E-state index >= 15 is 0 Å². The van der Waals surface area contributed by atoms with Crippen molar-refractivity contribution in [2.24, 2.45) is 0 Å². The molecule has 3 nitrogen and oxygen atoms in total. The van der Waals surface area contributed by atoms with E-state index in [2.05, 4.69) is 9.97 Å². The van der Waals surface area contributed by atoms with E-state index in [-0.39, 0.29) is 45.2 Å². The summed E-state index contributed by atoms with van der Waals surface area (Å²) in [6.07, 6.45) is 2.57. The fourth-order valence-corrected chi connectivity index (χ4v) is 1.23. The molecule has 0 aliphatic carbocycles. The third-order valence-corrected chi connectivity index (χ3v) is 1.94. The monoisotopic (exact) mass is 362 g/mol. The van der Waals surface area contributed by atoms with Gasteiger partial charge in [-0.25, -0.2) is 0 Å². The maximum absolute atomic E-state index is 9.87. The first kappa shape index (κ1) is 18.9. The number of aliphatic hydroxyl groups is 1. The van der Waals surface area contributed by atoms with Gasteiger partial charge in [0.1, 0.15) is 6.10 Å². The van der Waals surface area contributed by atoms with Gasteiger partial charge in [-0.3, -0.25) is 9.97 Å². The molecule has 0 unspecified atom stereocenters. The molecule has 0 bridgehead atoms. The summed E-state index contributed by atoms with van der Waals surface area (Å²) in [6, 6.07) is 10.9. The molecule has 2 aromatic rings. The molecule has 0 fully saturated rings. The van der Waals surface area contributed by atoms with E-state index in [0.29, 0.717) is 11.4 Å². The van der Waals surface area contributed by atoms with Crippen LogP contribution in [-0.2, 0) is 20.4 Å². The maximum Gasteiger partial charge on any atom is 2.00 e. The maximum atomic E-state index is 9.87. The van der Waals surface area contributed by atoms with Gasteiger partial charge in [0.2, 0.25) is 0 Å². The van der Waals surface area contributed by atoms with Gasteiger partial charge >= 0.3 is 20.4 Å². The van der Waals surface area contributed by atoms with E-state index in [9.17, 15) is 5.11 Å². The van der Waals surface area contributed by atoms with Gasteiger partial charge in [0.15, 0.2) is 0 Å². The van der Waals surface area contributed by atoms with E-state index in [1.807, 2.05) is 24.3 Å². The van der Waals surface area contributed by atoms with Crippen LogP contribution in [0.1, 0.15) is 17.5 Å². The van der Waals surface area contributed by atoms with Crippen molar-refractivity contribution < 1.29 is 50.3 Å². The average Bonchev–Trinajstić information content (AvgIpc) is 2.30. The predicted molar refractivity (Wildman–Crippen MR) is 52.5 cm³/mol. The second-order valence-corrected chi connectivity index (χ2v) is 2.91. The van der Waals surface area contributed by atoms with Gasteiger partial charge in [-0.2, -0.15) is 0 Å². The van der Waals surface area contributed by atoms with E-state index in [1.165, 1.54) is 0 Å². The molecule has 0 aliphatic rings. The molecule has 0 atom stereocenters. The van der Waals surface area contributed by atoms with Gasteiger partial charge in [-0.15, -0.1) is 0 Å². The smallest absolute Gasteiger partial charge is 1.00 e. The Balaban J connectivity index is 0. The van der Waals surface area contributed by atoms with Crippen LogP contribution in [0.5, 0.6) is 0 Å². The van der Waals surface area contributed by atoms with Crippen LogP contribution in [0.15, 0.2) is 48.8 Å². The molecule has 0 aromatic carbocycles. The van der Waals surface area contributed by atoms with E-state index in [1.54, 1.807) is 24.5 Å². The summed E-state index contributed by atoms with van der Waals surface area (Å²) in [4.78, 5) is 8.13. The summed E-state index contributed by atoms with van der Waals surface area (Å²) >= 11 is 0. The molecule has 2 aromatic heterocycles. The summed E-state index contributed by atoms with van der Waals surface area (Å²) < 4.78 is 0. The second-order valence-electron chi connectivity index (χ2n) is 2.91.